The minimum atomic E-state index is -1.09. The van der Waals surface area contributed by atoms with Crippen LogP contribution in [0.2, 0.25) is 0 Å². The third kappa shape index (κ3) is 5.19. The van der Waals surface area contributed by atoms with Crippen LogP contribution < -0.4 is 27.2 Å². The number of nitrogens with one attached hydrogen (secondary N) is 4. The summed E-state index contributed by atoms with van der Waals surface area (Å²) in [6.07, 6.45) is 8.19. The van der Waals surface area contributed by atoms with Crippen LogP contribution >= 0.6 is 0 Å². The van der Waals surface area contributed by atoms with E-state index in [0.717, 1.165) is 38.5 Å². The van der Waals surface area contributed by atoms with Crippen molar-refractivity contribution in [2.24, 2.45) is 33.3 Å². The van der Waals surface area contributed by atoms with Gasteiger partial charge in [-0.15, -0.1) is 0 Å². The smallest absolute Gasteiger partial charge is 0.319 e. The second-order valence-electron chi connectivity index (χ2n) is 15.0. The molecule has 4 aliphatic rings. The minimum Gasteiger partial charge on any atom is -0.363 e. The molecular weight excluding hydrogens is 564 g/mol. The van der Waals surface area contributed by atoms with Crippen LogP contribution in [-0.2, 0) is 19.2 Å². The molecule has 0 bridgehead atoms. The molecule has 12 heteroatoms. The number of amides is 5. The van der Waals surface area contributed by atoms with Crippen LogP contribution in [0.5, 0.6) is 0 Å². The molecule has 5 rings (SSSR count). The van der Waals surface area contributed by atoms with E-state index in [1.54, 1.807) is 4.90 Å². The van der Waals surface area contributed by atoms with Gasteiger partial charge in [-0.2, -0.15) is 0 Å². The Morgan fingerprint density at radius 1 is 1.05 bits per heavy atom. The number of likely N-dealkylation sites (tertiary alicyclic amines) is 1. The number of ketones is 1. The van der Waals surface area contributed by atoms with Crippen LogP contribution in [0.3, 0.4) is 0 Å². The van der Waals surface area contributed by atoms with Gasteiger partial charge in [-0.1, -0.05) is 60.3 Å². The van der Waals surface area contributed by atoms with Gasteiger partial charge >= 0.3 is 6.03 Å². The number of aromatic nitrogens is 1. The number of aromatic amines is 1. The van der Waals surface area contributed by atoms with Crippen molar-refractivity contribution in [2.45, 2.75) is 104 Å². The van der Waals surface area contributed by atoms with Crippen molar-refractivity contribution < 1.29 is 24.0 Å². The van der Waals surface area contributed by atoms with Crippen LogP contribution in [-0.4, -0.2) is 64.1 Å². The second kappa shape index (κ2) is 11.0. The maximum Gasteiger partial charge on any atom is 0.319 e. The second-order valence-corrected chi connectivity index (χ2v) is 15.0. The molecule has 12 nitrogen and oxygen atoms in total. The molecular formula is C32H46N6O6. The molecule has 4 atom stereocenters. The number of hydrogen-bond acceptors (Lipinski definition) is 6. The molecule has 2 spiro atoms. The van der Waals surface area contributed by atoms with Crippen molar-refractivity contribution in [2.75, 3.05) is 11.9 Å². The maximum atomic E-state index is 14.5. The van der Waals surface area contributed by atoms with E-state index in [9.17, 15) is 28.8 Å². The largest absolute Gasteiger partial charge is 0.363 e. The van der Waals surface area contributed by atoms with Crippen molar-refractivity contribution >= 4 is 35.2 Å². The Bertz CT molecular complexity index is 1400. The minimum absolute atomic E-state index is 0.0359. The summed E-state index contributed by atoms with van der Waals surface area (Å²) in [4.78, 5) is 81.7. The highest BCUT2D eigenvalue weighted by atomic mass is 16.2. The molecule has 1 aromatic heterocycles. The molecule has 3 aliphatic carbocycles. The van der Waals surface area contributed by atoms with E-state index in [-0.39, 0.29) is 33.6 Å². The lowest BCUT2D eigenvalue weighted by Gasteiger charge is -2.36. The van der Waals surface area contributed by atoms with Gasteiger partial charge in [0.25, 0.3) is 5.91 Å². The Morgan fingerprint density at radius 2 is 1.73 bits per heavy atom. The van der Waals surface area contributed by atoms with Gasteiger partial charge in [-0.3, -0.25) is 24.0 Å². The Kier molecular flexibility index (Phi) is 7.95. The highest BCUT2D eigenvalue weighted by Crippen LogP contribution is 2.88. The van der Waals surface area contributed by atoms with Gasteiger partial charge in [-0.05, 0) is 53.9 Å². The van der Waals surface area contributed by atoms with E-state index in [2.05, 4.69) is 34.8 Å². The predicted octanol–water partition coefficient (Wildman–Crippen LogP) is 2.44. The number of H-pyrrole nitrogens is 1. The average molecular weight is 611 g/mol. The summed E-state index contributed by atoms with van der Waals surface area (Å²) < 4.78 is 0. The van der Waals surface area contributed by atoms with Crippen LogP contribution in [0.4, 0.5) is 10.5 Å². The van der Waals surface area contributed by atoms with Gasteiger partial charge in [0, 0.05) is 24.2 Å². The zero-order valence-electron chi connectivity index (χ0n) is 26.4. The number of anilines is 1. The lowest BCUT2D eigenvalue weighted by molar-refractivity contribution is -0.143. The van der Waals surface area contributed by atoms with E-state index in [1.807, 2.05) is 20.8 Å². The van der Waals surface area contributed by atoms with E-state index in [4.69, 9.17) is 5.73 Å². The first-order chi connectivity index (χ1) is 20.5. The lowest BCUT2D eigenvalue weighted by atomic mass is 9.73. The SMILES string of the molecule is CC(C)(C)[C@H](NC(=O)Nc1ccc(=O)[nH]c1)C(=O)N1C[C@]2(C[C@H]1C(=O)NC(CC1CCC1)C(=O)C(N)=O)C(C)(C)C21CCC1. The summed E-state index contributed by atoms with van der Waals surface area (Å²) in [5.74, 6) is -2.55. The van der Waals surface area contributed by atoms with Gasteiger partial charge in [0.15, 0.2) is 0 Å². The third-order valence-corrected chi connectivity index (χ3v) is 11.5. The molecule has 1 unspecified atom stereocenters. The molecule has 44 heavy (non-hydrogen) atoms. The molecule has 1 aliphatic heterocycles. The summed E-state index contributed by atoms with van der Waals surface area (Å²) in [6, 6.07) is -0.798. The number of nitrogens with two attached hydrogens (primary N) is 1. The van der Waals surface area contributed by atoms with E-state index in [0.29, 0.717) is 25.1 Å². The van der Waals surface area contributed by atoms with E-state index >= 15 is 0 Å². The number of Topliss-reactive ketones (excluding diaryl/α,β-unsaturated/α-hetero) is 1. The molecule has 0 aromatic carbocycles. The van der Waals surface area contributed by atoms with Gasteiger partial charge in [0.1, 0.15) is 12.1 Å². The quantitative estimate of drug-likeness (QED) is 0.268. The normalized spacial score (nSPS) is 26.2. The number of urea groups is 1. The topological polar surface area (TPSA) is 184 Å². The highest BCUT2D eigenvalue weighted by Gasteiger charge is 2.85. The molecule has 5 amide bonds. The van der Waals surface area contributed by atoms with Crippen LogP contribution in [0, 0.1) is 27.6 Å². The number of carbonyl (C=O) groups is 5. The number of pyridine rings is 1. The van der Waals surface area contributed by atoms with Crippen molar-refractivity contribution in [3.05, 3.63) is 28.7 Å². The Balaban J connectivity index is 1.41. The zero-order chi connectivity index (χ0) is 32.2. The van der Waals surface area contributed by atoms with Crippen LogP contribution in [0.15, 0.2) is 23.1 Å². The van der Waals surface area contributed by atoms with Gasteiger partial charge in [-0.25, -0.2) is 4.79 Å². The van der Waals surface area contributed by atoms with Crippen molar-refractivity contribution in [3.8, 4) is 0 Å². The van der Waals surface area contributed by atoms with Crippen LogP contribution in [0.25, 0.3) is 0 Å². The molecule has 2 heterocycles. The first kappa shape index (κ1) is 31.7. The molecule has 6 N–H and O–H groups in total. The summed E-state index contributed by atoms with van der Waals surface area (Å²) in [5.41, 5.74) is 4.34. The monoisotopic (exact) mass is 610 g/mol. The predicted molar refractivity (Wildman–Crippen MR) is 163 cm³/mol. The zero-order valence-corrected chi connectivity index (χ0v) is 26.4. The number of fused-ring (bicyclic) bond motifs is 1. The highest BCUT2D eigenvalue weighted by molar-refractivity contribution is 6.37. The fourth-order valence-electron chi connectivity index (χ4n) is 8.40. The summed E-state index contributed by atoms with van der Waals surface area (Å²) >= 11 is 0. The Hall–Kier alpha value is -3.70. The third-order valence-electron chi connectivity index (χ3n) is 11.5. The fourth-order valence-corrected chi connectivity index (χ4v) is 8.40. The molecule has 240 valence electrons. The number of carbonyl (C=O) groups excluding carboxylic acids is 5. The maximum absolute atomic E-state index is 14.5. The number of hydrogen-bond donors (Lipinski definition) is 5. The molecule has 1 saturated heterocycles. The van der Waals surface area contributed by atoms with E-state index in [1.165, 1.54) is 18.3 Å². The van der Waals surface area contributed by atoms with Gasteiger partial charge in [0.2, 0.25) is 23.2 Å². The molecule has 3 saturated carbocycles. The average Bonchev–Trinajstić information content (AvgIpc) is 3.12. The van der Waals surface area contributed by atoms with Gasteiger partial charge in [0.05, 0.1) is 11.7 Å². The molecule has 1 aromatic rings. The van der Waals surface area contributed by atoms with Crippen molar-refractivity contribution in [1.29, 1.82) is 0 Å². The standard InChI is InChI=1S/C32H46N6O6/c1-29(2,3)24(37-28(44)35-19-10-11-22(39)34-16-19)27(43)38-17-32(30(4,5)31(32)12-7-13-31)15-21(38)26(42)36-20(23(40)25(33)41)14-18-8-6-9-18/h10-11,16,18,20-21,24H,6-9,12-15,17H2,1-5H3,(H2,33,41)(H,34,39)(H,36,42)(H2,35,37,44)/t20?,21-,24+,32+/m0/s1. The van der Waals surface area contributed by atoms with Crippen LogP contribution in [0.1, 0.15) is 86.0 Å². The molecule has 4 fully saturated rings. The first-order valence-corrected chi connectivity index (χ1v) is 15.7. The molecule has 0 radical (unpaired) electrons. The number of nitrogens with zero attached hydrogens (tertiary/aromatic N) is 1. The van der Waals surface area contributed by atoms with E-state index < -0.39 is 47.2 Å². The first-order valence-electron chi connectivity index (χ1n) is 15.7. The van der Waals surface area contributed by atoms with Gasteiger partial charge < -0.3 is 31.6 Å². The number of primary amides is 1. The number of rotatable bonds is 9. The Morgan fingerprint density at radius 3 is 2.20 bits per heavy atom. The lowest BCUT2D eigenvalue weighted by Crippen LogP contribution is -2.59. The summed E-state index contributed by atoms with van der Waals surface area (Å²) in [6.45, 7) is 10.3. The fraction of sp³-hybridized carbons (Fsp3) is 0.688. The Labute approximate surface area is 257 Å². The summed E-state index contributed by atoms with van der Waals surface area (Å²) in [5, 5.41) is 8.28. The van der Waals surface area contributed by atoms with Crippen molar-refractivity contribution in [3.63, 3.8) is 0 Å². The van der Waals surface area contributed by atoms with Crippen molar-refractivity contribution in [1.82, 2.24) is 20.5 Å². The summed E-state index contributed by atoms with van der Waals surface area (Å²) in [7, 11) is 0.